The third-order valence-electron chi connectivity index (χ3n) is 4.12. The zero-order valence-electron chi connectivity index (χ0n) is 13.9. The van der Waals surface area contributed by atoms with Gasteiger partial charge in [-0.15, -0.1) is 0 Å². The summed E-state index contributed by atoms with van der Waals surface area (Å²) in [5.41, 5.74) is 1.64. The summed E-state index contributed by atoms with van der Waals surface area (Å²) in [5.74, 6) is -0.306. The molecule has 1 atom stereocenters. The van der Waals surface area contributed by atoms with E-state index in [1.54, 1.807) is 7.11 Å². The molecule has 0 saturated carbocycles. The molecule has 0 aliphatic heterocycles. The summed E-state index contributed by atoms with van der Waals surface area (Å²) in [6.45, 7) is 0. The summed E-state index contributed by atoms with van der Waals surface area (Å²) in [6, 6.07) is 23.1. The fourth-order valence-corrected chi connectivity index (χ4v) is 2.75. The molecule has 0 aliphatic carbocycles. The van der Waals surface area contributed by atoms with E-state index in [1.165, 1.54) is 0 Å². The molecule has 0 bridgehead atoms. The molecule has 0 aromatic heterocycles. The van der Waals surface area contributed by atoms with Crippen molar-refractivity contribution in [2.45, 2.75) is 6.42 Å². The number of benzene rings is 3. The molecule has 3 aromatic rings. The summed E-state index contributed by atoms with van der Waals surface area (Å²) >= 11 is 0. The van der Waals surface area contributed by atoms with Gasteiger partial charge in [0.25, 0.3) is 0 Å². The molecular formula is C21H18N2O2. The molecule has 4 nitrogen and oxygen atoms in total. The Hall–Kier alpha value is -3.32. The molecule has 0 aliphatic rings. The molecule has 0 heterocycles. The van der Waals surface area contributed by atoms with Crippen molar-refractivity contribution in [3.05, 3.63) is 72.3 Å². The van der Waals surface area contributed by atoms with Crippen LogP contribution in [0.4, 0.5) is 5.69 Å². The number of anilines is 1. The number of rotatable bonds is 5. The quantitative estimate of drug-likeness (QED) is 0.764. The van der Waals surface area contributed by atoms with Crippen LogP contribution in [0.25, 0.3) is 10.8 Å². The highest BCUT2D eigenvalue weighted by atomic mass is 16.5. The van der Waals surface area contributed by atoms with Crippen LogP contribution in [0.1, 0.15) is 5.56 Å². The Morgan fingerprint density at radius 1 is 1.08 bits per heavy atom. The molecule has 0 spiro atoms. The highest BCUT2D eigenvalue weighted by Crippen LogP contribution is 2.24. The van der Waals surface area contributed by atoms with E-state index in [1.807, 2.05) is 66.7 Å². The van der Waals surface area contributed by atoms with Crippen LogP contribution in [0.3, 0.4) is 0 Å². The number of nitrogens with one attached hydrogen (secondary N) is 1. The lowest BCUT2D eigenvalue weighted by molar-refractivity contribution is -0.118. The Bertz CT molecular complexity index is 921. The van der Waals surface area contributed by atoms with Crippen molar-refractivity contribution in [1.82, 2.24) is 0 Å². The van der Waals surface area contributed by atoms with Gasteiger partial charge in [-0.3, -0.25) is 4.79 Å². The molecule has 4 heteroatoms. The number of carbonyl (C=O) groups excluding carboxylic acids is 1. The SMILES string of the molecule is COc1ccc(C[C@H](C#N)C(=O)Nc2cccc3ccccc23)cc1. The summed E-state index contributed by atoms with van der Waals surface area (Å²) in [6.07, 6.45) is 0.358. The van der Waals surface area contributed by atoms with Crippen LogP contribution in [0.5, 0.6) is 5.75 Å². The van der Waals surface area contributed by atoms with E-state index >= 15 is 0 Å². The van der Waals surface area contributed by atoms with Crippen molar-refractivity contribution in [3.63, 3.8) is 0 Å². The topological polar surface area (TPSA) is 62.1 Å². The molecule has 3 aromatic carbocycles. The van der Waals surface area contributed by atoms with E-state index in [9.17, 15) is 10.1 Å². The second kappa shape index (κ2) is 7.50. The van der Waals surface area contributed by atoms with E-state index in [2.05, 4.69) is 11.4 Å². The van der Waals surface area contributed by atoms with Gasteiger partial charge < -0.3 is 10.1 Å². The zero-order valence-corrected chi connectivity index (χ0v) is 13.9. The summed E-state index contributed by atoms with van der Waals surface area (Å²) in [7, 11) is 1.60. The van der Waals surface area contributed by atoms with Crippen LogP contribution in [0.15, 0.2) is 66.7 Å². The van der Waals surface area contributed by atoms with Gasteiger partial charge in [-0.1, -0.05) is 48.5 Å². The summed E-state index contributed by atoms with van der Waals surface area (Å²) < 4.78 is 5.12. The van der Waals surface area contributed by atoms with Gasteiger partial charge in [0, 0.05) is 11.1 Å². The number of fused-ring (bicyclic) bond motifs is 1. The monoisotopic (exact) mass is 330 g/mol. The van der Waals surface area contributed by atoms with Crippen molar-refractivity contribution >= 4 is 22.4 Å². The lowest BCUT2D eigenvalue weighted by Gasteiger charge is -2.12. The minimum atomic E-state index is -0.757. The number of nitrogens with zero attached hydrogens (tertiary/aromatic N) is 1. The van der Waals surface area contributed by atoms with E-state index in [0.29, 0.717) is 6.42 Å². The molecule has 0 radical (unpaired) electrons. The van der Waals surface area contributed by atoms with E-state index in [4.69, 9.17) is 4.74 Å². The van der Waals surface area contributed by atoms with Crippen molar-refractivity contribution < 1.29 is 9.53 Å². The van der Waals surface area contributed by atoms with Gasteiger partial charge in [-0.2, -0.15) is 5.26 Å². The number of nitriles is 1. The minimum absolute atomic E-state index is 0.297. The third kappa shape index (κ3) is 3.78. The van der Waals surface area contributed by atoms with Crippen LogP contribution < -0.4 is 10.1 Å². The maximum Gasteiger partial charge on any atom is 0.242 e. The normalized spacial score (nSPS) is 11.5. The number of hydrogen-bond acceptors (Lipinski definition) is 3. The van der Waals surface area contributed by atoms with Crippen LogP contribution in [0, 0.1) is 17.2 Å². The third-order valence-corrected chi connectivity index (χ3v) is 4.12. The van der Waals surface area contributed by atoms with E-state index < -0.39 is 5.92 Å². The first-order valence-electron chi connectivity index (χ1n) is 8.02. The summed E-state index contributed by atoms with van der Waals surface area (Å²) in [4.78, 5) is 12.6. The molecule has 25 heavy (non-hydrogen) atoms. The minimum Gasteiger partial charge on any atom is -0.497 e. The van der Waals surface area contributed by atoms with Crippen LogP contribution in [-0.2, 0) is 11.2 Å². The molecule has 0 saturated heterocycles. The summed E-state index contributed by atoms with van der Waals surface area (Å²) in [5, 5.41) is 14.3. The number of carbonyl (C=O) groups is 1. The van der Waals surface area contributed by atoms with Gasteiger partial charge in [0.15, 0.2) is 0 Å². The number of ether oxygens (including phenoxy) is 1. The predicted molar refractivity (Wildman–Crippen MR) is 98.4 cm³/mol. The molecule has 1 N–H and O–H groups in total. The van der Waals surface area contributed by atoms with Gasteiger partial charge in [0.05, 0.1) is 13.2 Å². The average Bonchev–Trinajstić information content (AvgIpc) is 2.66. The molecular weight excluding hydrogens is 312 g/mol. The Labute approximate surface area is 146 Å². The van der Waals surface area contributed by atoms with Gasteiger partial charge in [0.2, 0.25) is 5.91 Å². The standard InChI is InChI=1S/C21H18N2O2/c1-25-18-11-9-15(10-12-18)13-17(14-22)21(24)23-20-8-4-6-16-5-2-3-7-19(16)20/h2-12,17H,13H2,1H3,(H,23,24)/t17-/m1/s1. The van der Waals surface area contributed by atoms with Crippen LogP contribution in [-0.4, -0.2) is 13.0 Å². The van der Waals surface area contributed by atoms with Crippen molar-refractivity contribution in [2.75, 3.05) is 12.4 Å². The molecule has 3 rings (SSSR count). The lowest BCUT2D eigenvalue weighted by Crippen LogP contribution is -2.23. The maximum atomic E-state index is 12.6. The number of methoxy groups -OCH3 is 1. The van der Waals surface area contributed by atoms with Gasteiger partial charge in [-0.05, 0) is 35.6 Å². The van der Waals surface area contributed by atoms with E-state index in [0.717, 1.165) is 27.8 Å². The largest absolute Gasteiger partial charge is 0.497 e. The first-order chi connectivity index (χ1) is 12.2. The Morgan fingerprint density at radius 2 is 1.80 bits per heavy atom. The van der Waals surface area contributed by atoms with Crippen LogP contribution >= 0.6 is 0 Å². The first-order valence-corrected chi connectivity index (χ1v) is 8.02. The smallest absolute Gasteiger partial charge is 0.242 e. The second-order valence-corrected chi connectivity index (χ2v) is 5.75. The number of amides is 1. The highest BCUT2D eigenvalue weighted by Gasteiger charge is 2.19. The molecule has 0 fully saturated rings. The Balaban J connectivity index is 1.76. The molecule has 1 amide bonds. The fraction of sp³-hybridized carbons (Fsp3) is 0.143. The Kier molecular flexibility index (Phi) is 4.96. The Morgan fingerprint density at radius 3 is 2.52 bits per heavy atom. The fourth-order valence-electron chi connectivity index (χ4n) is 2.75. The zero-order chi connectivity index (χ0) is 17.6. The van der Waals surface area contributed by atoms with E-state index in [-0.39, 0.29) is 5.91 Å². The second-order valence-electron chi connectivity index (χ2n) is 5.75. The maximum absolute atomic E-state index is 12.6. The highest BCUT2D eigenvalue weighted by molar-refractivity contribution is 6.03. The molecule has 124 valence electrons. The van der Waals surface area contributed by atoms with Crippen molar-refractivity contribution in [2.24, 2.45) is 5.92 Å². The first kappa shape index (κ1) is 16.5. The van der Waals surface area contributed by atoms with Gasteiger partial charge in [0.1, 0.15) is 11.7 Å². The van der Waals surface area contributed by atoms with Gasteiger partial charge in [-0.25, -0.2) is 0 Å². The van der Waals surface area contributed by atoms with Crippen LogP contribution in [0.2, 0.25) is 0 Å². The number of hydrogen-bond donors (Lipinski definition) is 1. The van der Waals surface area contributed by atoms with Crippen molar-refractivity contribution in [1.29, 1.82) is 5.26 Å². The molecule has 0 unspecified atom stereocenters. The van der Waals surface area contributed by atoms with Crippen molar-refractivity contribution in [3.8, 4) is 11.8 Å². The predicted octanol–water partition coefficient (Wildman–Crippen LogP) is 4.17. The average molecular weight is 330 g/mol. The lowest BCUT2D eigenvalue weighted by atomic mass is 9.99. The van der Waals surface area contributed by atoms with Gasteiger partial charge >= 0.3 is 0 Å².